The minimum atomic E-state index is -0.223. The van der Waals surface area contributed by atoms with Crippen molar-refractivity contribution >= 4 is 11.6 Å². The van der Waals surface area contributed by atoms with Crippen molar-refractivity contribution in [3.8, 4) is 0 Å². The van der Waals surface area contributed by atoms with E-state index >= 15 is 0 Å². The number of hydrogen-bond donors (Lipinski definition) is 2. The summed E-state index contributed by atoms with van der Waals surface area (Å²) in [4.78, 5) is 12.1. The summed E-state index contributed by atoms with van der Waals surface area (Å²) in [5, 5.41) is 3.01. The van der Waals surface area contributed by atoms with Crippen molar-refractivity contribution in [3.63, 3.8) is 0 Å². The van der Waals surface area contributed by atoms with Gasteiger partial charge < -0.3 is 15.8 Å². The lowest BCUT2D eigenvalue weighted by molar-refractivity contribution is -0.134. The van der Waals surface area contributed by atoms with Crippen LogP contribution in [0.15, 0.2) is 24.3 Å². The molecule has 1 saturated carbocycles. The molecule has 1 unspecified atom stereocenters. The highest BCUT2D eigenvalue weighted by molar-refractivity contribution is 5.77. The number of nitrogens with one attached hydrogen (secondary N) is 1. The average Bonchev–Trinajstić information content (AvgIpc) is 2.34. The van der Waals surface area contributed by atoms with Gasteiger partial charge in [0.05, 0.1) is 18.1 Å². The summed E-state index contributed by atoms with van der Waals surface area (Å²) in [6.45, 7) is 1.97. The standard InChI is InChI=1S/C15H22N2O2/c1-11(12-5-3-6-13(16)9-12)17-14(18)10-15(19-2)7-4-8-15/h3,5-6,9,11H,4,7-8,10,16H2,1-2H3,(H,17,18). The zero-order valence-electron chi connectivity index (χ0n) is 11.6. The molecular weight excluding hydrogens is 240 g/mol. The van der Waals surface area contributed by atoms with Gasteiger partial charge in [-0.2, -0.15) is 0 Å². The van der Waals surface area contributed by atoms with Gasteiger partial charge in [0.1, 0.15) is 0 Å². The van der Waals surface area contributed by atoms with E-state index < -0.39 is 0 Å². The number of methoxy groups -OCH3 is 1. The van der Waals surface area contributed by atoms with Crippen LogP contribution in [0.25, 0.3) is 0 Å². The summed E-state index contributed by atoms with van der Waals surface area (Å²) in [7, 11) is 1.69. The summed E-state index contributed by atoms with van der Waals surface area (Å²) < 4.78 is 5.47. The van der Waals surface area contributed by atoms with Crippen molar-refractivity contribution in [3.05, 3.63) is 29.8 Å². The Hall–Kier alpha value is -1.55. The Morgan fingerprint density at radius 1 is 1.53 bits per heavy atom. The maximum absolute atomic E-state index is 12.1. The molecule has 19 heavy (non-hydrogen) atoms. The highest BCUT2D eigenvalue weighted by Gasteiger charge is 2.39. The zero-order valence-corrected chi connectivity index (χ0v) is 11.6. The van der Waals surface area contributed by atoms with Crippen LogP contribution in [0.4, 0.5) is 5.69 Å². The molecule has 0 aliphatic heterocycles. The third-order valence-corrected chi connectivity index (χ3v) is 3.97. The van der Waals surface area contributed by atoms with Crippen LogP contribution < -0.4 is 11.1 Å². The van der Waals surface area contributed by atoms with Gasteiger partial charge in [-0.15, -0.1) is 0 Å². The number of carbonyl (C=O) groups excluding carboxylic acids is 1. The quantitative estimate of drug-likeness (QED) is 0.801. The average molecular weight is 262 g/mol. The van der Waals surface area contributed by atoms with E-state index in [2.05, 4.69) is 5.32 Å². The van der Waals surface area contributed by atoms with Gasteiger partial charge in [-0.3, -0.25) is 4.79 Å². The predicted octanol–water partition coefficient (Wildman–Crippen LogP) is 2.41. The highest BCUT2D eigenvalue weighted by Crippen LogP contribution is 2.38. The predicted molar refractivity (Wildman–Crippen MR) is 75.6 cm³/mol. The fourth-order valence-corrected chi connectivity index (χ4v) is 2.52. The fourth-order valence-electron chi connectivity index (χ4n) is 2.52. The largest absolute Gasteiger partial charge is 0.399 e. The Balaban J connectivity index is 1.91. The molecule has 0 bridgehead atoms. The first-order chi connectivity index (χ1) is 9.04. The van der Waals surface area contributed by atoms with Crippen molar-refractivity contribution in [2.24, 2.45) is 0 Å². The molecule has 4 heteroatoms. The molecule has 0 radical (unpaired) electrons. The Morgan fingerprint density at radius 2 is 2.26 bits per heavy atom. The first-order valence-corrected chi connectivity index (χ1v) is 6.75. The molecule has 0 aromatic heterocycles. The van der Waals surface area contributed by atoms with Crippen molar-refractivity contribution in [1.29, 1.82) is 0 Å². The second kappa shape index (κ2) is 5.61. The third-order valence-electron chi connectivity index (χ3n) is 3.97. The molecule has 1 aliphatic carbocycles. The Kier molecular flexibility index (Phi) is 4.10. The number of nitrogens with two attached hydrogens (primary N) is 1. The summed E-state index contributed by atoms with van der Waals surface area (Å²) in [6.07, 6.45) is 3.54. The molecule has 2 rings (SSSR count). The smallest absolute Gasteiger partial charge is 0.223 e. The van der Waals surface area contributed by atoms with Crippen LogP contribution in [0.1, 0.15) is 44.2 Å². The first kappa shape index (κ1) is 13.9. The van der Waals surface area contributed by atoms with Crippen LogP contribution in [-0.2, 0) is 9.53 Å². The molecule has 1 atom stereocenters. The minimum absolute atomic E-state index is 0.0371. The summed E-state index contributed by atoms with van der Waals surface area (Å²) >= 11 is 0. The summed E-state index contributed by atoms with van der Waals surface area (Å²) in [5.74, 6) is 0.0384. The molecule has 4 nitrogen and oxygen atoms in total. The van der Waals surface area contributed by atoms with Gasteiger partial charge in [0.25, 0.3) is 0 Å². The van der Waals surface area contributed by atoms with E-state index in [1.807, 2.05) is 31.2 Å². The number of benzene rings is 1. The number of amides is 1. The number of nitrogen functional groups attached to an aromatic ring is 1. The van der Waals surface area contributed by atoms with Crippen LogP contribution in [-0.4, -0.2) is 18.6 Å². The van der Waals surface area contributed by atoms with E-state index in [9.17, 15) is 4.79 Å². The van der Waals surface area contributed by atoms with Crippen LogP contribution >= 0.6 is 0 Å². The van der Waals surface area contributed by atoms with Crippen LogP contribution in [0, 0.1) is 0 Å². The van der Waals surface area contributed by atoms with Gasteiger partial charge in [0.15, 0.2) is 0 Å². The molecule has 1 aliphatic rings. The number of carbonyl (C=O) groups is 1. The van der Waals surface area contributed by atoms with Gasteiger partial charge in [-0.05, 0) is 43.9 Å². The second-order valence-electron chi connectivity index (χ2n) is 5.38. The topological polar surface area (TPSA) is 64.3 Å². The molecule has 1 fully saturated rings. The fraction of sp³-hybridized carbons (Fsp3) is 0.533. The number of hydrogen-bond acceptors (Lipinski definition) is 3. The van der Waals surface area contributed by atoms with Gasteiger partial charge in [0.2, 0.25) is 5.91 Å². The van der Waals surface area contributed by atoms with Gasteiger partial charge in [-0.25, -0.2) is 0 Å². The van der Waals surface area contributed by atoms with E-state index in [0.717, 1.165) is 24.8 Å². The van der Waals surface area contributed by atoms with E-state index in [1.54, 1.807) is 7.11 Å². The Bertz CT molecular complexity index is 450. The lowest BCUT2D eigenvalue weighted by Gasteiger charge is -2.40. The highest BCUT2D eigenvalue weighted by atomic mass is 16.5. The van der Waals surface area contributed by atoms with Crippen molar-refractivity contribution in [2.75, 3.05) is 12.8 Å². The third kappa shape index (κ3) is 3.26. The molecule has 1 aromatic rings. The monoisotopic (exact) mass is 262 g/mol. The first-order valence-electron chi connectivity index (χ1n) is 6.75. The van der Waals surface area contributed by atoms with Crippen LogP contribution in [0.5, 0.6) is 0 Å². The summed E-state index contributed by atoms with van der Waals surface area (Å²) in [5.41, 5.74) is 7.26. The Labute approximate surface area is 114 Å². The maximum Gasteiger partial charge on any atom is 0.223 e. The van der Waals surface area contributed by atoms with Crippen molar-refractivity contribution in [2.45, 2.75) is 44.2 Å². The number of rotatable bonds is 5. The number of anilines is 1. The van der Waals surface area contributed by atoms with Crippen molar-refractivity contribution < 1.29 is 9.53 Å². The van der Waals surface area contributed by atoms with E-state index in [4.69, 9.17) is 10.5 Å². The van der Waals surface area contributed by atoms with E-state index in [1.165, 1.54) is 0 Å². The molecule has 0 spiro atoms. The van der Waals surface area contributed by atoms with Gasteiger partial charge in [0, 0.05) is 12.8 Å². The molecule has 0 heterocycles. The Morgan fingerprint density at radius 3 is 2.79 bits per heavy atom. The molecule has 1 aromatic carbocycles. The minimum Gasteiger partial charge on any atom is -0.399 e. The maximum atomic E-state index is 12.1. The van der Waals surface area contributed by atoms with Crippen LogP contribution in [0.2, 0.25) is 0 Å². The molecule has 3 N–H and O–H groups in total. The van der Waals surface area contributed by atoms with E-state index in [0.29, 0.717) is 12.1 Å². The molecule has 1 amide bonds. The van der Waals surface area contributed by atoms with Gasteiger partial charge >= 0.3 is 0 Å². The normalized spacial score (nSPS) is 18.4. The number of ether oxygens (including phenoxy) is 1. The molecule has 104 valence electrons. The summed E-state index contributed by atoms with van der Waals surface area (Å²) in [6, 6.07) is 7.56. The van der Waals surface area contributed by atoms with Gasteiger partial charge in [-0.1, -0.05) is 12.1 Å². The molecule has 0 saturated heterocycles. The van der Waals surface area contributed by atoms with E-state index in [-0.39, 0.29) is 17.6 Å². The lowest BCUT2D eigenvalue weighted by atomic mass is 9.77. The van der Waals surface area contributed by atoms with Crippen LogP contribution in [0.3, 0.4) is 0 Å². The zero-order chi connectivity index (χ0) is 13.9. The molecular formula is C15H22N2O2. The second-order valence-corrected chi connectivity index (χ2v) is 5.38. The van der Waals surface area contributed by atoms with Crippen molar-refractivity contribution in [1.82, 2.24) is 5.32 Å². The lowest BCUT2D eigenvalue weighted by Crippen LogP contribution is -2.44. The SMILES string of the molecule is COC1(CC(=O)NC(C)c2cccc(N)c2)CCC1.